The van der Waals surface area contributed by atoms with Gasteiger partial charge in [0, 0.05) is 23.7 Å². The van der Waals surface area contributed by atoms with Gasteiger partial charge >= 0.3 is 0 Å². The third-order valence-electron chi connectivity index (χ3n) is 5.87. The number of likely N-dealkylation sites (tertiary alicyclic amines) is 1. The van der Waals surface area contributed by atoms with Crippen molar-refractivity contribution in [1.29, 1.82) is 0 Å². The molecule has 0 bridgehead atoms. The molecule has 1 aliphatic rings. The van der Waals surface area contributed by atoms with Crippen molar-refractivity contribution in [2.24, 2.45) is 0 Å². The zero-order chi connectivity index (χ0) is 24.3. The van der Waals surface area contributed by atoms with Crippen LogP contribution in [0.15, 0.2) is 41.3 Å². The van der Waals surface area contributed by atoms with E-state index >= 15 is 0 Å². The molecule has 2 aromatic rings. The van der Waals surface area contributed by atoms with E-state index in [1.54, 1.807) is 0 Å². The van der Waals surface area contributed by atoms with Crippen molar-refractivity contribution < 1.29 is 26.8 Å². The average molecular weight is 499 g/mol. The summed E-state index contributed by atoms with van der Waals surface area (Å²) in [7, 11) is -3.50. The van der Waals surface area contributed by atoms with Gasteiger partial charge in [0.1, 0.15) is 17.7 Å². The summed E-state index contributed by atoms with van der Waals surface area (Å²) >= 11 is 5.56. The van der Waals surface area contributed by atoms with Crippen LogP contribution in [0.25, 0.3) is 0 Å². The first kappa shape index (κ1) is 25.1. The number of nitrogens with one attached hydrogen (secondary N) is 1. The Morgan fingerprint density at radius 3 is 2.52 bits per heavy atom. The molecule has 10 heteroatoms. The van der Waals surface area contributed by atoms with Crippen LogP contribution in [0.4, 0.5) is 8.78 Å². The standard InChI is InChI=1S/C23H25ClF2N2O4S/c1-3-16-8-9-21(22(29)27-13-15-11-20(26)18(24)12-19(15)25)28(16)23(30)14-6-5-7-17(10-14)33(31,32)4-2/h5-7,10-12,16,21H,3-4,8-9,13H2,1-2H3,(H,27,29)/t16-,21-/m1/s1. The maximum Gasteiger partial charge on any atom is 0.254 e. The van der Waals surface area contributed by atoms with E-state index in [1.165, 1.54) is 36.1 Å². The van der Waals surface area contributed by atoms with Crippen molar-refractivity contribution in [2.45, 2.75) is 56.6 Å². The lowest BCUT2D eigenvalue weighted by Gasteiger charge is -2.29. The topological polar surface area (TPSA) is 83.6 Å². The summed E-state index contributed by atoms with van der Waals surface area (Å²) in [5.74, 6) is -2.59. The second-order valence-electron chi connectivity index (χ2n) is 7.87. The van der Waals surface area contributed by atoms with Crippen molar-refractivity contribution in [2.75, 3.05) is 5.75 Å². The predicted molar refractivity (Wildman–Crippen MR) is 121 cm³/mol. The van der Waals surface area contributed by atoms with Crippen molar-refractivity contribution in [3.05, 3.63) is 64.2 Å². The van der Waals surface area contributed by atoms with Gasteiger partial charge in [-0.2, -0.15) is 0 Å². The molecular weight excluding hydrogens is 474 g/mol. The van der Waals surface area contributed by atoms with Gasteiger partial charge in [-0.25, -0.2) is 17.2 Å². The summed E-state index contributed by atoms with van der Waals surface area (Å²) in [5, 5.41) is 2.22. The Balaban J connectivity index is 1.82. The van der Waals surface area contributed by atoms with Crippen molar-refractivity contribution in [1.82, 2.24) is 10.2 Å². The minimum atomic E-state index is -3.50. The van der Waals surface area contributed by atoms with Gasteiger partial charge in [0.2, 0.25) is 5.91 Å². The largest absolute Gasteiger partial charge is 0.350 e. The summed E-state index contributed by atoms with van der Waals surface area (Å²) in [5.41, 5.74) is 0.110. The Bertz CT molecular complexity index is 1170. The number of carbonyl (C=O) groups is 2. The van der Waals surface area contributed by atoms with E-state index < -0.39 is 39.3 Å². The molecule has 1 N–H and O–H groups in total. The molecule has 1 heterocycles. The van der Waals surface area contributed by atoms with Gasteiger partial charge in [-0.3, -0.25) is 9.59 Å². The third-order valence-corrected chi connectivity index (χ3v) is 7.90. The molecule has 1 saturated heterocycles. The van der Waals surface area contributed by atoms with Crippen LogP contribution in [0, 0.1) is 11.6 Å². The molecule has 33 heavy (non-hydrogen) atoms. The summed E-state index contributed by atoms with van der Waals surface area (Å²) in [4.78, 5) is 27.8. The van der Waals surface area contributed by atoms with Gasteiger partial charge in [-0.05, 0) is 49.6 Å². The maximum absolute atomic E-state index is 14.0. The molecule has 2 aromatic carbocycles. The van der Waals surface area contributed by atoms with Gasteiger partial charge < -0.3 is 10.2 Å². The van der Waals surface area contributed by atoms with E-state index in [2.05, 4.69) is 5.32 Å². The summed E-state index contributed by atoms with van der Waals surface area (Å²) in [6.07, 6.45) is 1.61. The summed E-state index contributed by atoms with van der Waals surface area (Å²) in [6.45, 7) is 3.15. The highest BCUT2D eigenvalue weighted by atomic mass is 35.5. The number of carbonyl (C=O) groups excluding carboxylic acids is 2. The monoisotopic (exact) mass is 498 g/mol. The molecule has 0 aromatic heterocycles. The average Bonchev–Trinajstić information content (AvgIpc) is 3.24. The highest BCUT2D eigenvalue weighted by Crippen LogP contribution is 2.29. The quantitative estimate of drug-likeness (QED) is 0.582. The van der Waals surface area contributed by atoms with E-state index in [9.17, 15) is 26.8 Å². The fraction of sp³-hybridized carbons (Fsp3) is 0.391. The zero-order valence-electron chi connectivity index (χ0n) is 18.3. The van der Waals surface area contributed by atoms with E-state index in [0.717, 1.165) is 12.1 Å². The smallest absolute Gasteiger partial charge is 0.254 e. The Morgan fingerprint density at radius 2 is 1.85 bits per heavy atom. The molecule has 0 radical (unpaired) electrons. The first-order valence-corrected chi connectivity index (χ1v) is 12.7. The summed E-state index contributed by atoms with van der Waals surface area (Å²) < 4.78 is 52.2. The molecule has 178 valence electrons. The second kappa shape index (κ2) is 10.2. The van der Waals surface area contributed by atoms with Crippen LogP contribution < -0.4 is 5.32 Å². The molecular formula is C23H25ClF2N2O4S. The number of hydrogen-bond acceptors (Lipinski definition) is 4. The number of halogens is 3. The van der Waals surface area contributed by atoms with Gasteiger partial charge in [0.05, 0.1) is 15.7 Å². The van der Waals surface area contributed by atoms with Gasteiger partial charge in [-0.1, -0.05) is 31.5 Å². The third kappa shape index (κ3) is 5.35. The van der Waals surface area contributed by atoms with Gasteiger partial charge in [0.15, 0.2) is 9.84 Å². The van der Waals surface area contributed by atoms with Crippen LogP contribution in [-0.4, -0.2) is 43.0 Å². The minimum Gasteiger partial charge on any atom is -0.350 e. The normalized spacial score (nSPS) is 18.4. The molecule has 0 spiro atoms. The fourth-order valence-corrected chi connectivity index (χ4v) is 5.06. The highest BCUT2D eigenvalue weighted by Gasteiger charge is 2.40. The summed E-state index contributed by atoms with van der Waals surface area (Å²) in [6, 6.07) is 6.52. The lowest BCUT2D eigenvalue weighted by atomic mass is 10.1. The van der Waals surface area contributed by atoms with Crippen LogP contribution in [-0.2, 0) is 21.2 Å². The Kier molecular flexibility index (Phi) is 7.74. The Hall–Kier alpha value is -2.52. The maximum atomic E-state index is 14.0. The van der Waals surface area contributed by atoms with Crippen LogP contribution in [0.1, 0.15) is 49.0 Å². The molecule has 1 fully saturated rings. The van der Waals surface area contributed by atoms with Crippen molar-refractivity contribution >= 4 is 33.3 Å². The van der Waals surface area contributed by atoms with Gasteiger partial charge in [-0.15, -0.1) is 0 Å². The molecule has 0 saturated carbocycles. The van der Waals surface area contributed by atoms with Crippen LogP contribution in [0.2, 0.25) is 5.02 Å². The molecule has 3 rings (SSSR count). The first-order valence-electron chi connectivity index (χ1n) is 10.7. The molecule has 0 aliphatic carbocycles. The van der Waals surface area contributed by atoms with Gasteiger partial charge in [0.25, 0.3) is 5.91 Å². The lowest BCUT2D eigenvalue weighted by Crippen LogP contribution is -2.48. The lowest BCUT2D eigenvalue weighted by molar-refractivity contribution is -0.125. The van der Waals surface area contributed by atoms with E-state index in [-0.39, 0.29) is 39.4 Å². The Labute approximate surface area is 196 Å². The minimum absolute atomic E-state index is 0.0457. The van der Waals surface area contributed by atoms with E-state index in [4.69, 9.17) is 11.6 Å². The zero-order valence-corrected chi connectivity index (χ0v) is 19.8. The second-order valence-corrected chi connectivity index (χ2v) is 10.6. The van der Waals surface area contributed by atoms with Crippen molar-refractivity contribution in [3.8, 4) is 0 Å². The number of sulfone groups is 1. The fourth-order valence-electron chi connectivity index (χ4n) is 3.99. The number of hydrogen-bond donors (Lipinski definition) is 1. The van der Waals surface area contributed by atoms with Crippen molar-refractivity contribution in [3.63, 3.8) is 0 Å². The molecule has 0 unspecified atom stereocenters. The van der Waals surface area contributed by atoms with E-state index in [0.29, 0.717) is 19.3 Å². The van der Waals surface area contributed by atoms with Crippen LogP contribution in [0.5, 0.6) is 0 Å². The van der Waals surface area contributed by atoms with Crippen LogP contribution >= 0.6 is 11.6 Å². The first-order chi connectivity index (χ1) is 15.6. The predicted octanol–water partition coefficient (Wildman–Crippen LogP) is 4.11. The Morgan fingerprint density at radius 1 is 1.12 bits per heavy atom. The van der Waals surface area contributed by atoms with E-state index in [1.807, 2.05) is 6.92 Å². The SMILES string of the molecule is CC[C@@H]1CC[C@H](C(=O)NCc2cc(F)c(Cl)cc2F)N1C(=O)c1cccc(S(=O)(=O)CC)c1. The highest BCUT2D eigenvalue weighted by molar-refractivity contribution is 7.91. The molecule has 1 aliphatic heterocycles. The number of nitrogens with zero attached hydrogens (tertiary/aromatic N) is 1. The van der Waals surface area contributed by atoms with Crippen LogP contribution in [0.3, 0.4) is 0 Å². The number of amides is 2. The number of benzene rings is 2. The number of rotatable bonds is 7. The molecule has 2 amide bonds. The molecule has 2 atom stereocenters. The molecule has 6 nitrogen and oxygen atoms in total.